The van der Waals surface area contributed by atoms with E-state index in [0.29, 0.717) is 17.2 Å². The Hall–Kier alpha value is -3.29. The number of hydrogen-bond acceptors (Lipinski definition) is 4. The molecule has 1 aromatic rings. The molecule has 3 rings (SSSR count). The zero-order valence-electron chi connectivity index (χ0n) is 19.1. The molecule has 2 aliphatic heterocycles. The lowest BCUT2D eigenvalue weighted by molar-refractivity contribution is -0.133. The largest absolute Gasteiger partial charge is 0.478 e. The van der Waals surface area contributed by atoms with E-state index < -0.39 is 24.0 Å². The maximum Gasteiger partial charge on any atom is 0.333 e. The van der Waals surface area contributed by atoms with Gasteiger partial charge >= 0.3 is 5.97 Å². The summed E-state index contributed by atoms with van der Waals surface area (Å²) in [7, 11) is 0. The lowest BCUT2D eigenvalue weighted by Gasteiger charge is -2.37. The molecule has 34 heavy (non-hydrogen) atoms. The summed E-state index contributed by atoms with van der Waals surface area (Å²) in [4.78, 5) is 18.1. The average molecular weight is 486 g/mol. The number of fused-ring (bicyclic) bond motifs is 1. The number of alkyl halides is 2. The van der Waals surface area contributed by atoms with E-state index in [4.69, 9.17) is 11.6 Å². The Morgan fingerprint density at radius 3 is 2.59 bits per heavy atom. The molecule has 0 amide bonds. The average Bonchev–Trinajstić information content (AvgIpc) is 2.80. The van der Waals surface area contributed by atoms with Crippen LogP contribution in [0.5, 0.6) is 0 Å². The Labute approximate surface area is 202 Å². The first-order valence-corrected chi connectivity index (χ1v) is 11.0. The van der Waals surface area contributed by atoms with Crippen LogP contribution in [0.1, 0.15) is 26.3 Å². The number of carboxylic acids is 1. The summed E-state index contributed by atoms with van der Waals surface area (Å²) < 4.78 is 29.9. The van der Waals surface area contributed by atoms with Gasteiger partial charge < -0.3 is 10.0 Å². The second kappa shape index (κ2) is 10.3. The number of allylic oxidation sites excluding steroid dienone is 6. The minimum Gasteiger partial charge on any atom is -0.478 e. The van der Waals surface area contributed by atoms with E-state index in [9.17, 15) is 18.7 Å². The van der Waals surface area contributed by atoms with Crippen LogP contribution in [0.2, 0.25) is 0 Å². The van der Waals surface area contributed by atoms with Gasteiger partial charge in [0.15, 0.2) is 0 Å². The van der Waals surface area contributed by atoms with Gasteiger partial charge in [0.25, 0.3) is 5.92 Å². The Morgan fingerprint density at radius 2 is 2.00 bits per heavy atom. The van der Waals surface area contributed by atoms with Crippen LogP contribution in [0.3, 0.4) is 0 Å². The van der Waals surface area contributed by atoms with Crippen molar-refractivity contribution in [1.82, 2.24) is 10.2 Å². The smallest absolute Gasteiger partial charge is 0.333 e. The number of benzene rings is 1. The van der Waals surface area contributed by atoms with Crippen molar-refractivity contribution in [3.05, 3.63) is 101 Å². The molecule has 178 valence electrons. The second-order valence-corrected chi connectivity index (χ2v) is 8.45. The second-order valence-electron chi connectivity index (χ2n) is 8.01. The van der Waals surface area contributed by atoms with Gasteiger partial charge in [0.05, 0.1) is 11.3 Å². The van der Waals surface area contributed by atoms with Gasteiger partial charge in [-0.05, 0) is 32.1 Å². The number of hydrogen-bond donors (Lipinski definition) is 2. The Kier molecular flexibility index (Phi) is 7.69. The van der Waals surface area contributed by atoms with Gasteiger partial charge in [-0.1, -0.05) is 60.7 Å². The van der Waals surface area contributed by atoms with Crippen LogP contribution in [-0.4, -0.2) is 39.8 Å². The van der Waals surface area contributed by atoms with Gasteiger partial charge in [0, 0.05) is 41.0 Å². The number of halogens is 3. The summed E-state index contributed by atoms with van der Waals surface area (Å²) >= 11 is 5.99. The number of carbonyl (C=O) groups is 1. The number of aliphatic carboxylic acids is 1. The zero-order chi connectivity index (χ0) is 25.0. The molecule has 1 aromatic carbocycles. The molecule has 2 aliphatic rings. The minimum atomic E-state index is -3.25. The van der Waals surface area contributed by atoms with Crippen LogP contribution in [0.25, 0.3) is 5.70 Å². The molecule has 2 unspecified atom stereocenters. The van der Waals surface area contributed by atoms with Crippen LogP contribution >= 0.6 is 11.6 Å². The predicted octanol–water partition coefficient (Wildman–Crippen LogP) is 5.86. The fraction of sp³-hybridized carbons (Fsp3) is 0.231. The number of aliphatic imine (C=N–C) groups is 1. The summed E-state index contributed by atoms with van der Waals surface area (Å²) in [6, 6.07) is 6.88. The molecule has 0 spiro atoms. The molecular formula is C26H26ClF2N3O2. The third-order valence-electron chi connectivity index (χ3n) is 5.42. The Bertz CT molecular complexity index is 1160. The van der Waals surface area contributed by atoms with Crippen molar-refractivity contribution in [3.8, 4) is 0 Å². The molecule has 0 fully saturated rings. The molecule has 2 N–H and O–H groups in total. The van der Waals surface area contributed by atoms with Crippen LogP contribution in [-0.2, 0) is 4.79 Å². The Balaban J connectivity index is 2.03. The van der Waals surface area contributed by atoms with Gasteiger partial charge in [-0.25, -0.2) is 18.6 Å². The maximum atomic E-state index is 15.0. The summed E-state index contributed by atoms with van der Waals surface area (Å²) in [5, 5.41) is 12.6. The number of nitrogens with zero attached hydrogens (tertiary/aromatic N) is 2. The van der Waals surface area contributed by atoms with Crippen molar-refractivity contribution < 1.29 is 18.7 Å². The van der Waals surface area contributed by atoms with E-state index in [1.54, 1.807) is 36.3 Å². The Morgan fingerprint density at radius 1 is 1.32 bits per heavy atom. The number of rotatable bonds is 8. The quantitative estimate of drug-likeness (QED) is 0.357. The van der Waals surface area contributed by atoms with Crippen LogP contribution in [0.15, 0.2) is 100 Å². The molecule has 2 heterocycles. The third-order valence-corrected chi connectivity index (χ3v) is 5.75. The highest BCUT2D eigenvalue weighted by Crippen LogP contribution is 2.34. The monoisotopic (exact) mass is 485 g/mol. The van der Waals surface area contributed by atoms with E-state index in [2.05, 4.69) is 16.9 Å². The predicted molar refractivity (Wildman–Crippen MR) is 132 cm³/mol. The molecule has 0 saturated carbocycles. The normalized spacial score (nSPS) is 18.6. The molecule has 8 heteroatoms. The lowest BCUT2D eigenvalue weighted by atomic mass is 9.94. The SMILES string of the molecule is C=C1C=C(c2ccccc2)N=C2C(C(NC(C)/C(=C\C(Cl)=C/C)C(=O)O)C(C)(F)F)=CC=CN12. The standard InChI is InChI=1S/C26H26ClF2N3O2/c1-5-19(27)15-21(25(33)34)17(3)30-23(26(4,28)29)20-12-9-13-32-16(2)14-22(31-24(20)32)18-10-7-6-8-11-18/h5-15,17,23,30H,2H2,1,3-4H3,(H,33,34)/b19-5+,21-15+. The van der Waals surface area contributed by atoms with Gasteiger partial charge in [0.2, 0.25) is 0 Å². The fourth-order valence-electron chi connectivity index (χ4n) is 3.68. The summed E-state index contributed by atoms with van der Waals surface area (Å²) in [5.74, 6) is -4.20. The topological polar surface area (TPSA) is 64.9 Å². The molecule has 2 atom stereocenters. The van der Waals surface area contributed by atoms with Gasteiger partial charge in [0.1, 0.15) is 11.9 Å². The number of carboxylic acid groups (broad SMARTS) is 1. The van der Waals surface area contributed by atoms with Crippen LogP contribution in [0, 0.1) is 0 Å². The van der Waals surface area contributed by atoms with E-state index in [1.807, 2.05) is 30.3 Å². The molecule has 0 aromatic heterocycles. The summed E-state index contributed by atoms with van der Waals surface area (Å²) in [6.45, 7) is 8.01. The zero-order valence-corrected chi connectivity index (χ0v) is 19.9. The summed E-state index contributed by atoms with van der Waals surface area (Å²) in [6.07, 6.45) is 9.45. The van der Waals surface area contributed by atoms with Crippen molar-refractivity contribution in [2.24, 2.45) is 4.99 Å². The highest BCUT2D eigenvalue weighted by molar-refractivity contribution is 6.31. The van der Waals surface area contributed by atoms with Gasteiger partial charge in [-0.2, -0.15) is 0 Å². The minimum absolute atomic E-state index is 0.138. The van der Waals surface area contributed by atoms with Crippen molar-refractivity contribution in [1.29, 1.82) is 0 Å². The van der Waals surface area contributed by atoms with Crippen LogP contribution in [0.4, 0.5) is 8.78 Å². The first kappa shape index (κ1) is 25.3. The number of nitrogens with one attached hydrogen (secondary N) is 1. The van der Waals surface area contributed by atoms with Gasteiger partial charge in [-0.15, -0.1) is 0 Å². The van der Waals surface area contributed by atoms with Crippen molar-refractivity contribution in [2.75, 3.05) is 0 Å². The maximum absolute atomic E-state index is 15.0. The first-order valence-electron chi connectivity index (χ1n) is 10.7. The molecule has 5 nitrogen and oxygen atoms in total. The van der Waals surface area contributed by atoms with Crippen LogP contribution < -0.4 is 5.32 Å². The lowest BCUT2D eigenvalue weighted by Crippen LogP contribution is -2.52. The third kappa shape index (κ3) is 5.61. The fourth-order valence-corrected chi connectivity index (χ4v) is 3.79. The molecule has 0 bridgehead atoms. The first-order chi connectivity index (χ1) is 16.0. The van der Waals surface area contributed by atoms with Crippen molar-refractivity contribution in [3.63, 3.8) is 0 Å². The molecule has 0 radical (unpaired) electrons. The van der Waals surface area contributed by atoms with E-state index in [1.165, 1.54) is 19.1 Å². The number of amidine groups is 1. The highest BCUT2D eigenvalue weighted by Gasteiger charge is 2.42. The highest BCUT2D eigenvalue weighted by atomic mass is 35.5. The van der Waals surface area contributed by atoms with Gasteiger partial charge in [-0.3, -0.25) is 5.32 Å². The molecule has 0 saturated heterocycles. The van der Waals surface area contributed by atoms with E-state index >= 15 is 0 Å². The molecular weight excluding hydrogens is 460 g/mol. The molecule has 0 aliphatic carbocycles. The van der Waals surface area contributed by atoms with Crippen molar-refractivity contribution >= 4 is 29.1 Å². The van der Waals surface area contributed by atoms with Crippen molar-refractivity contribution in [2.45, 2.75) is 38.8 Å². The summed E-state index contributed by atoms with van der Waals surface area (Å²) in [5.41, 5.74) is 2.06. The van der Waals surface area contributed by atoms with E-state index in [0.717, 1.165) is 12.5 Å². The van der Waals surface area contributed by atoms with E-state index in [-0.39, 0.29) is 16.2 Å².